The average Bonchev–Trinajstić information content (AvgIpc) is 2.01. The van der Waals surface area contributed by atoms with Crippen molar-refractivity contribution in [2.75, 3.05) is 7.11 Å². The van der Waals surface area contributed by atoms with E-state index >= 15 is 0 Å². The van der Waals surface area contributed by atoms with Gasteiger partial charge in [0.05, 0.1) is 12.5 Å². The van der Waals surface area contributed by atoms with Crippen molar-refractivity contribution in [3.8, 4) is 0 Å². The fourth-order valence-corrected chi connectivity index (χ4v) is 0.683. The van der Waals surface area contributed by atoms with Crippen LogP contribution in [0.1, 0.15) is 13.8 Å². The fourth-order valence-electron chi connectivity index (χ4n) is 0.683. The average molecular weight is 176 g/mol. The quantitative estimate of drug-likeness (QED) is 0.573. The summed E-state index contributed by atoms with van der Waals surface area (Å²) in [6.07, 6.45) is -1.75. The Hall–Kier alpha value is -1.10. The number of aliphatic hydroxyl groups excluding tert-OH is 1. The summed E-state index contributed by atoms with van der Waals surface area (Å²) in [6.45, 7) is 2.61. The summed E-state index contributed by atoms with van der Waals surface area (Å²) in [4.78, 5) is 21.2. The van der Waals surface area contributed by atoms with Gasteiger partial charge in [0.2, 0.25) is 0 Å². The summed E-state index contributed by atoms with van der Waals surface area (Å²) in [5.41, 5.74) is -1.42. The number of carbonyl (C=O) groups is 2. The molecule has 5 heteroatoms. The lowest BCUT2D eigenvalue weighted by atomic mass is 9.87. The molecule has 70 valence electrons. The Bertz CT molecular complexity index is 196. The molecule has 0 saturated carbocycles. The maximum absolute atomic E-state index is 10.9. The second-order valence-electron chi connectivity index (χ2n) is 2.95. The van der Waals surface area contributed by atoms with Crippen molar-refractivity contribution in [2.45, 2.75) is 20.0 Å². The Morgan fingerprint density at radius 3 is 2.08 bits per heavy atom. The zero-order valence-corrected chi connectivity index (χ0v) is 7.20. The molecule has 0 aromatic rings. The number of ether oxygens (including phenoxy) is 1. The molecule has 0 rings (SSSR count). The Morgan fingerprint density at radius 2 is 1.83 bits per heavy atom. The molecule has 0 radical (unpaired) electrons. The largest absolute Gasteiger partial charge is 0.479 e. The SMILES string of the molecule is COC(=O)C(C)(C)C(O)C(=O)O. The number of rotatable bonds is 3. The highest BCUT2D eigenvalue weighted by molar-refractivity contribution is 5.85. The molecule has 1 atom stereocenters. The Morgan fingerprint density at radius 1 is 1.42 bits per heavy atom. The molecule has 1 unspecified atom stereocenters. The molecule has 0 spiro atoms. The maximum Gasteiger partial charge on any atom is 0.333 e. The molecular weight excluding hydrogens is 164 g/mol. The fraction of sp³-hybridized carbons (Fsp3) is 0.714. The Balaban J connectivity index is 4.60. The van der Waals surface area contributed by atoms with Gasteiger partial charge in [0.25, 0.3) is 0 Å². The highest BCUT2D eigenvalue weighted by Gasteiger charge is 2.41. The first-order chi connectivity index (χ1) is 5.34. The van der Waals surface area contributed by atoms with Crippen LogP contribution in [0.15, 0.2) is 0 Å². The molecule has 0 aromatic heterocycles. The standard InChI is InChI=1S/C7H12O5/c1-7(2,6(11)12-3)4(8)5(9)10/h4,8H,1-3H3,(H,9,10). The molecule has 0 fully saturated rings. The van der Waals surface area contributed by atoms with Crippen molar-refractivity contribution < 1.29 is 24.5 Å². The predicted molar refractivity (Wildman–Crippen MR) is 39.4 cm³/mol. The number of aliphatic carboxylic acids is 1. The zero-order valence-electron chi connectivity index (χ0n) is 7.20. The molecular formula is C7H12O5. The van der Waals surface area contributed by atoms with Crippen molar-refractivity contribution >= 4 is 11.9 Å². The van der Waals surface area contributed by atoms with E-state index in [9.17, 15) is 9.59 Å². The van der Waals surface area contributed by atoms with Crippen molar-refractivity contribution in [2.24, 2.45) is 5.41 Å². The molecule has 0 bridgehead atoms. The van der Waals surface area contributed by atoms with E-state index in [2.05, 4.69) is 4.74 Å². The molecule has 0 aliphatic heterocycles. The van der Waals surface area contributed by atoms with Gasteiger partial charge in [-0.05, 0) is 13.8 Å². The highest BCUT2D eigenvalue weighted by Crippen LogP contribution is 2.22. The van der Waals surface area contributed by atoms with Gasteiger partial charge in [0.15, 0.2) is 6.10 Å². The van der Waals surface area contributed by atoms with Crippen LogP contribution in [0.25, 0.3) is 0 Å². The predicted octanol–water partition coefficient (Wildman–Crippen LogP) is -0.369. The molecule has 12 heavy (non-hydrogen) atoms. The second-order valence-corrected chi connectivity index (χ2v) is 2.95. The second kappa shape index (κ2) is 3.53. The number of carbonyl (C=O) groups excluding carboxylic acids is 1. The van der Waals surface area contributed by atoms with Gasteiger partial charge in [-0.2, -0.15) is 0 Å². The van der Waals surface area contributed by atoms with Gasteiger partial charge in [-0.15, -0.1) is 0 Å². The monoisotopic (exact) mass is 176 g/mol. The lowest BCUT2D eigenvalue weighted by molar-refractivity contribution is -0.168. The summed E-state index contributed by atoms with van der Waals surface area (Å²) in [7, 11) is 1.14. The third-order valence-corrected chi connectivity index (χ3v) is 1.63. The van der Waals surface area contributed by atoms with Crippen LogP contribution < -0.4 is 0 Å². The first-order valence-electron chi connectivity index (χ1n) is 3.33. The number of hydrogen-bond donors (Lipinski definition) is 2. The van der Waals surface area contributed by atoms with E-state index in [0.717, 1.165) is 7.11 Å². The van der Waals surface area contributed by atoms with Crippen LogP contribution in [0, 0.1) is 5.41 Å². The Kier molecular flexibility index (Phi) is 3.21. The third kappa shape index (κ3) is 1.94. The van der Waals surface area contributed by atoms with Crippen LogP contribution in [0.3, 0.4) is 0 Å². The van der Waals surface area contributed by atoms with E-state index in [-0.39, 0.29) is 0 Å². The van der Waals surface area contributed by atoms with Gasteiger partial charge < -0.3 is 14.9 Å². The number of aliphatic hydroxyl groups is 1. The van der Waals surface area contributed by atoms with Crippen LogP contribution in [-0.2, 0) is 14.3 Å². The minimum absolute atomic E-state index is 0.752. The molecule has 0 aromatic carbocycles. The molecule has 2 N–H and O–H groups in total. The molecule has 0 aliphatic carbocycles. The van der Waals surface area contributed by atoms with E-state index in [1.165, 1.54) is 13.8 Å². The van der Waals surface area contributed by atoms with E-state index in [0.29, 0.717) is 0 Å². The van der Waals surface area contributed by atoms with Crippen LogP contribution in [0.5, 0.6) is 0 Å². The summed E-state index contributed by atoms with van der Waals surface area (Å²) in [6, 6.07) is 0. The van der Waals surface area contributed by atoms with Gasteiger partial charge in [0.1, 0.15) is 0 Å². The summed E-state index contributed by atoms with van der Waals surface area (Å²) >= 11 is 0. The lowest BCUT2D eigenvalue weighted by Gasteiger charge is -2.23. The smallest absolute Gasteiger partial charge is 0.333 e. The third-order valence-electron chi connectivity index (χ3n) is 1.63. The summed E-state index contributed by atoms with van der Waals surface area (Å²) in [5.74, 6) is -2.19. The highest BCUT2D eigenvalue weighted by atomic mass is 16.5. The van der Waals surface area contributed by atoms with Crippen molar-refractivity contribution in [3.63, 3.8) is 0 Å². The van der Waals surface area contributed by atoms with Crippen molar-refractivity contribution in [3.05, 3.63) is 0 Å². The van der Waals surface area contributed by atoms with E-state index in [4.69, 9.17) is 10.2 Å². The number of carboxylic acids is 1. The maximum atomic E-state index is 10.9. The topological polar surface area (TPSA) is 83.8 Å². The van der Waals surface area contributed by atoms with E-state index in [1.54, 1.807) is 0 Å². The first-order valence-corrected chi connectivity index (χ1v) is 3.33. The number of carboxylic acid groups (broad SMARTS) is 1. The van der Waals surface area contributed by atoms with Crippen molar-refractivity contribution in [1.82, 2.24) is 0 Å². The molecule has 5 nitrogen and oxygen atoms in total. The van der Waals surface area contributed by atoms with E-state index in [1.807, 2.05) is 0 Å². The molecule has 0 aliphatic rings. The molecule has 0 saturated heterocycles. The number of esters is 1. The summed E-state index contributed by atoms with van der Waals surface area (Å²) < 4.78 is 4.32. The van der Waals surface area contributed by atoms with Crippen LogP contribution in [0.4, 0.5) is 0 Å². The summed E-state index contributed by atoms with van der Waals surface area (Å²) in [5, 5.41) is 17.5. The normalized spacial score (nSPS) is 13.7. The minimum atomic E-state index is -1.75. The van der Waals surface area contributed by atoms with Gasteiger partial charge in [-0.1, -0.05) is 0 Å². The molecule has 0 amide bonds. The van der Waals surface area contributed by atoms with Crippen molar-refractivity contribution in [1.29, 1.82) is 0 Å². The van der Waals surface area contributed by atoms with Crippen LogP contribution >= 0.6 is 0 Å². The van der Waals surface area contributed by atoms with Gasteiger partial charge in [-0.3, -0.25) is 4.79 Å². The van der Waals surface area contributed by atoms with Gasteiger partial charge >= 0.3 is 11.9 Å². The van der Waals surface area contributed by atoms with Crippen LogP contribution in [0.2, 0.25) is 0 Å². The van der Waals surface area contributed by atoms with Gasteiger partial charge in [0, 0.05) is 0 Å². The zero-order chi connectivity index (χ0) is 9.94. The minimum Gasteiger partial charge on any atom is -0.479 e. The lowest BCUT2D eigenvalue weighted by Crippen LogP contribution is -2.42. The number of hydrogen-bond acceptors (Lipinski definition) is 4. The molecule has 0 heterocycles. The van der Waals surface area contributed by atoms with Gasteiger partial charge in [-0.25, -0.2) is 4.79 Å². The van der Waals surface area contributed by atoms with E-state index < -0.39 is 23.5 Å². The van der Waals surface area contributed by atoms with Crippen LogP contribution in [-0.4, -0.2) is 35.4 Å². The first kappa shape index (κ1) is 10.9. The number of methoxy groups -OCH3 is 1. The Labute approximate surface area is 70.0 Å².